The highest BCUT2D eigenvalue weighted by Crippen LogP contribution is 2.41. The fourth-order valence-corrected chi connectivity index (χ4v) is 4.59. The summed E-state index contributed by atoms with van der Waals surface area (Å²) in [4.78, 5) is 25.6. The highest BCUT2D eigenvalue weighted by atomic mass is 127. The topological polar surface area (TPSA) is 58.2 Å². The number of thioether (sulfide) groups is 1. The van der Waals surface area contributed by atoms with Crippen LogP contribution < -0.4 is 10.6 Å². The molecule has 0 saturated carbocycles. The molecule has 180 valence electrons. The van der Waals surface area contributed by atoms with E-state index in [0.717, 1.165) is 18.2 Å². The number of hydrogen-bond donors (Lipinski definition) is 2. The molecular weight excluding hydrogens is 602 g/mol. The van der Waals surface area contributed by atoms with E-state index in [1.165, 1.54) is 6.07 Å². The molecular formula is C21H19ClF5IN2O2S. The highest BCUT2D eigenvalue weighted by Gasteiger charge is 2.47. The summed E-state index contributed by atoms with van der Waals surface area (Å²) in [7, 11) is 0. The number of carbonyl (C=O) groups excluding carboxylic acids is 2. The SMILES string of the molecule is CSC[C@H](C)NC(=O)c1c(I)cccc1C(=O)Nc1ccc(C(C(F)F)C(F)(F)F)cc1Cl. The van der Waals surface area contributed by atoms with Gasteiger partial charge in [-0.05, 0) is 65.6 Å². The molecule has 4 nitrogen and oxygen atoms in total. The fraction of sp³-hybridized carbons (Fsp3) is 0.333. The Kier molecular flexibility index (Phi) is 9.80. The second kappa shape index (κ2) is 11.7. The molecule has 0 fully saturated rings. The lowest BCUT2D eigenvalue weighted by molar-refractivity contribution is -0.178. The van der Waals surface area contributed by atoms with Crippen LogP contribution in [0.2, 0.25) is 5.02 Å². The Morgan fingerprint density at radius 2 is 1.82 bits per heavy atom. The maximum absolute atomic E-state index is 13.0. The van der Waals surface area contributed by atoms with Crippen molar-refractivity contribution >= 4 is 63.5 Å². The minimum Gasteiger partial charge on any atom is -0.349 e. The molecule has 0 aliphatic rings. The molecule has 2 aromatic rings. The van der Waals surface area contributed by atoms with Crippen molar-refractivity contribution in [1.82, 2.24) is 5.32 Å². The van der Waals surface area contributed by atoms with Gasteiger partial charge in [-0.15, -0.1) is 0 Å². The number of anilines is 1. The Balaban J connectivity index is 2.32. The first-order chi connectivity index (χ1) is 15.4. The van der Waals surface area contributed by atoms with Crippen LogP contribution >= 0.6 is 46.0 Å². The monoisotopic (exact) mass is 620 g/mol. The lowest BCUT2D eigenvalue weighted by Gasteiger charge is -2.20. The maximum atomic E-state index is 13.0. The summed E-state index contributed by atoms with van der Waals surface area (Å²) in [5, 5.41) is 4.89. The van der Waals surface area contributed by atoms with Crippen LogP contribution in [-0.4, -0.2) is 42.5 Å². The number of nitrogens with one attached hydrogen (secondary N) is 2. The van der Waals surface area contributed by atoms with Gasteiger partial charge in [0.05, 0.1) is 21.8 Å². The van der Waals surface area contributed by atoms with Gasteiger partial charge in [0.1, 0.15) is 5.92 Å². The van der Waals surface area contributed by atoms with Crippen LogP contribution in [0.25, 0.3) is 0 Å². The lowest BCUT2D eigenvalue weighted by Crippen LogP contribution is -2.36. The van der Waals surface area contributed by atoms with Crippen LogP contribution in [0.1, 0.15) is 39.1 Å². The fourth-order valence-electron chi connectivity index (χ4n) is 3.02. The highest BCUT2D eigenvalue weighted by molar-refractivity contribution is 14.1. The third-order valence-electron chi connectivity index (χ3n) is 4.48. The summed E-state index contributed by atoms with van der Waals surface area (Å²) in [5.74, 6) is -3.53. The van der Waals surface area contributed by atoms with Gasteiger partial charge in [0.2, 0.25) is 0 Å². The number of rotatable bonds is 8. The van der Waals surface area contributed by atoms with Crippen molar-refractivity contribution in [2.75, 3.05) is 17.3 Å². The molecule has 1 unspecified atom stereocenters. The molecule has 12 heteroatoms. The van der Waals surface area contributed by atoms with Crippen molar-refractivity contribution < 1.29 is 31.5 Å². The molecule has 2 aromatic carbocycles. The van der Waals surface area contributed by atoms with Crippen molar-refractivity contribution in [3.63, 3.8) is 0 Å². The van der Waals surface area contributed by atoms with Gasteiger partial charge in [-0.25, -0.2) is 8.78 Å². The van der Waals surface area contributed by atoms with E-state index in [4.69, 9.17) is 11.6 Å². The number of hydrogen-bond acceptors (Lipinski definition) is 3. The summed E-state index contributed by atoms with van der Waals surface area (Å²) in [6.45, 7) is 1.82. The zero-order chi connectivity index (χ0) is 24.9. The normalized spacial score (nSPS) is 13.5. The molecule has 2 atom stereocenters. The van der Waals surface area contributed by atoms with E-state index in [2.05, 4.69) is 10.6 Å². The van der Waals surface area contributed by atoms with Crippen molar-refractivity contribution in [2.24, 2.45) is 0 Å². The van der Waals surface area contributed by atoms with Crippen molar-refractivity contribution in [1.29, 1.82) is 0 Å². The number of carbonyl (C=O) groups is 2. The van der Waals surface area contributed by atoms with Gasteiger partial charge < -0.3 is 10.6 Å². The molecule has 0 aliphatic heterocycles. The predicted molar refractivity (Wildman–Crippen MR) is 129 cm³/mol. The Morgan fingerprint density at radius 1 is 1.15 bits per heavy atom. The van der Waals surface area contributed by atoms with Gasteiger partial charge in [-0.3, -0.25) is 9.59 Å². The minimum atomic E-state index is -5.17. The van der Waals surface area contributed by atoms with Gasteiger partial charge in [0.25, 0.3) is 18.2 Å². The molecule has 0 saturated heterocycles. The van der Waals surface area contributed by atoms with Gasteiger partial charge in [0, 0.05) is 15.4 Å². The molecule has 2 N–H and O–H groups in total. The Morgan fingerprint density at radius 3 is 2.36 bits per heavy atom. The first-order valence-corrected chi connectivity index (χ1v) is 12.3. The average molecular weight is 621 g/mol. The zero-order valence-corrected chi connectivity index (χ0v) is 21.0. The molecule has 2 rings (SSSR count). The molecule has 0 aliphatic carbocycles. The summed E-state index contributed by atoms with van der Waals surface area (Å²) in [6, 6.07) is 7.08. The minimum absolute atomic E-state index is 0.0247. The standard InChI is InChI=1S/C21H19ClF5IN2O2S/c1-10(9-33-2)29-20(32)16-12(4-3-5-14(16)28)19(31)30-15-7-6-11(8-13(15)22)17(18(23)24)21(25,26)27/h3-8,10,17-18H,9H2,1-2H3,(H,29,32)(H,30,31)/t10-,17?/m0/s1. The number of benzene rings is 2. The second-order valence-corrected chi connectivity index (χ2v) is 9.52. The quantitative estimate of drug-likeness (QED) is 0.259. The van der Waals surface area contributed by atoms with Gasteiger partial charge in [-0.2, -0.15) is 24.9 Å². The molecule has 0 bridgehead atoms. The largest absolute Gasteiger partial charge is 0.401 e. The second-order valence-electron chi connectivity index (χ2n) is 7.04. The molecule has 0 heterocycles. The maximum Gasteiger partial charge on any atom is 0.401 e. The molecule has 2 amide bonds. The Hall–Kier alpha value is -1.60. The van der Waals surface area contributed by atoms with E-state index >= 15 is 0 Å². The van der Waals surface area contributed by atoms with Crippen LogP contribution in [-0.2, 0) is 0 Å². The van der Waals surface area contributed by atoms with E-state index in [1.807, 2.05) is 35.8 Å². The summed E-state index contributed by atoms with van der Waals surface area (Å²) in [6.07, 6.45) is -6.96. The van der Waals surface area contributed by atoms with Crippen LogP contribution in [0.4, 0.5) is 27.6 Å². The molecule has 0 aromatic heterocycles. The Labute approximate surface area is 210 Å². The van der Waals surface area contributed by atoms with E-state index < -0.39 is 35.9 Å². The van der Waals surface area contributed by atoms with E-state index in [0.29, 0.717) is 9.32 Å². The molecule has 33 heavy (non-hydrogen) atoms. The third kappa shape index (κ3) is 7.19. The first kappa shape index (κ1) is 27.6. The summed E-state index contributed by atoms with van der Waals surface area (Å²) >= 11 is 9.45. The van der Waals surface area contributed by atoms with Crippen molar-refractivity contribution in [3.05, 3.63) is 61.7 Å². The zero-order valence-electron chi connectivity index (χ0n) is 17.3. The van der Waals surface area contributed by atoms with Gasteiger partial charge in [-0.1, -0.05) is 23.7 Å². The smallest absolute Gasteiger partial charge is 0.349 e. The van der Waals surface area contributed by atoms with Gasteiger partial charge in [0.15, 0.2) is 0 Å². The van der Waals surface area contributed by atoms with Crippen molar-refractivity contribution in [3.8, 4) is 0 Å². The van der Waals surface area contributed by atoms with Crippen LogP contribution in [0.5, 0.6) is 0 Å². The van der Waals surface area contributed by atoms with E-state index in [-0.39, 0.29) is 27.9 Å². The van der Waals surface area contributed by atoms with Crippen LogP contribution in [0.15, 0.2) is 36.4 Å². The molecule has 0 radical (unpaired) electrons. The average Bonchev–Trinajstić information content (AvgIpc) is 2.68. The van der Waals surface area contributed by atoms with E-state index in [1.54, 1.807) is 23.9 Å². The first-order valence-electron chi connectivity index (χ1n) is 9.40. The van der Waals surface area contributed by atoms with Crippen LogP contribution in [0, 0.1) is 3.57 Å². The summed E-state index contributed by atoms with van der Waals surface area (Å²) in [5.41, 5.74) is -0.651. The predicted octanol–water partition coefficient (Wildman–Crippen LogP) is 6.59. The number of amides is 2. The third-order valence-corrected chi connectivity index (χ3v) is 6.53. The van der Waals surface area contributed by atoms with Crippen LogP contribution in [0.3, 0.4) is 0 Å². The molecule has 0 spiro atoms. The van der Waals surface area contributed by atoms with E-state index in [9.17, 15) is 31.5 Å². The summed E-state index contributed by atoms with van der Waals surface area (Å²) < 4.78 is 65.4. The number of halogens is 7. The van der Waals surface area contributed by atoms with Gasteiger partial charge >= 0.3 is 6.18 Å². The lowest BCUT2D eigenvalue weighted by atomic mass is 9.98. The van der Waals surface area contributed by atoms with Crippen molar-refractivity contribution in [2.45, 2.75) is 31.5 Å². The Bertz CT molecular complexity index is 1020. The number of alkyl halides is 5.